The number of fused-ring (bicyclic) bond motifs is 1. The van der Waals surface area contributed by atoms with Crippen LogP contribution in [-0.2, 0) is 4.74 Å². The van der Waals surface area contributed by atoms with Crippen molar-refractivity contribution in [3.05, 3.63) is 68.6 Å². The number of halogens is 3. The maximum absolute atomic E-state index is 14.0. The predicted octanol–water partition coefficient (Wildman–Crippen LogP) is 3.87. The number of aryl methyl sites for hydroxylation is 1. The van der Waals surface area contributed by atoms with Gasteiger partial charge in [0, 0.05) is 24.7 Å². The molecule has 3 aromatic rings. The number of imidazole rings is 1. The molecule has 4 N–H and O–H groups in total. The number of anilines is 1. The number of aromatic amines is 2. The monoisotopic (exact) mass is 490 g/mol. The summed E-state index contributed by atoms with van der Waals surface area (Å²) >= 11 is 5.68. The van der Waals surface area contributed by atoms with E-state index in [0.29, 0.717) is 22.3 Å². The van der Waals surface area contributed by atoms with Gasteiger partial charge >= 0.3 is 0 Å². The lowest BCUT2D eigenvalue weighted by molar-refractivity contribution is 0.0580. The van der Waals surface area contributed by atoms with Gasteiger partial charge in [0.25, 0.3) is 5.56 Å². The Morgan fingerprint density at radius 3 is 3.00 bits per heavy atom. The van der Waals surface area contributed by atoms with Crippen LogP contribution in [0.5, 0.6) is 0 Å². The van der Waals surface area contributed by atoms with Gasteiger partial charge in [-0.1, -0.05) is 17.7 Å². The van der Waals surface area contributed by atoms with E-state index in [-0.39, 0.29) is 29.4 Å². The first-order chi connectivity index (χ1) is 16.3. The minimum Gasteiger partial charge on any atom is -0.489 e. The Hall–Kier alpha value is -3.50. The van der Waals surface area contributed by atoms with Crippen molar-refractivity contribution in [2.45, 2.75) is 25.6 Å². The Morgan fingerprint density at radius 1 is 1.44 bits per heavy atom. The van der Waals surface area contributed by atoms with Crippen LogP contribution < -0.4 is 10.9 Å². The number of benzene rings is 1. The number of hydrogen-bond acceptors (Lipinski definition) is 6. The summed E-state index contributed by atoms with van der Waals surface area (Å²) in [6.45, 7) is 1.32. The lowest BCUT2D eigenvalue weighted by Crippen LogP contribution is -2.27. The first-order valence-electron chi connectivity index (χ1n) is 10.4. The van der Waals surface area contributed by atoms with Crippen molar-refractivity contribution in [1.29, 1.82) is 0 Å². The van der Waals surface area contributed by atoms with Crippen molar-refractivity contribution in [1.82, 2.24) is 15.0 Å². The molecule has 8 nitrogen and oxygen atoms in total. The molecule has 0 spiro atoms. The third-order valence-electron chi connectivity index (χ3n) is 5.37. The quantitative estimate of drug-likeness (QED) is 0.356. The second-order valence-corrected chi connectivity index (χ2v) is 8.21. The third-order valence-corrected chi connectivity index (χ3v) is 5.69. The highest BCUT2D eigenvalue weighted by atomic mass is 35.5. The number of carbonyl (C=O) groups is 1. The average Bonchev–Trinajstić information content (AvgIpc) is 3.21. The highest BCUT2D eigenvalue weighted by Gasteiger charge is 2.26. The molecule has 0 radical (unpaired) electrons. The molecule has 34 heavy (non-hydrogen) atoms. The molecule has 2 aromatic heterocycles. The molecule has 0 saturated heterocycles. The second-order valence-electron chi connectivity index (χ2n) is 7.80. The van der Waals surface area contributed by atoms with Crippen LogP contribution in [0.15, 0.2) is 51.9 Å². The molecule has 1 aliphatic carbocycles. The normalized spacial score (nSPS) is 17.0. The Morgan fingerprint density at radius 2 is 2.24 bits per heavy atom. The number of rotatable bonds is 8. The third kappa shape index (κ3) is 4.73. The van der Waals surface area contributed by atoms with Crippen molar-refractivity contribution < 1.29 is 23.4 Å². The molecule has 0 saturated carbocycles. The van der Waals surface area contributed by atoms with Crippen LogP contribution in [0.4, 0.5) is 14.5 Å². The molecule has 0 aliphatic heterocycles. The zero-order valence-electron chi connectivity index (χ0n) is 18.0. The van der Waals surface area contributed by atoms with E-state index < -0.39 is 36.0 Å². The number of nitrogens with zero attached hydrogens (tertiary/aromatic N) is 1. The summed E-state index contributed by atoms with van der Waals surface area (Å²) in [4.78, 5) is 33.9. The van der Waals surface area contributed by atoms with E-state index in [4.69, 9.17) is 16.3 Å². The Labute approximate surface area is 197 Å². The molecule has 2 heterocycles. The number of aliphatic hydroxyl groups is 1. The van der Waals surface area contributed by atoms with E-state index in [1.165, 1.54) is 12.3 Å². The topological polar surface area (TPSA) is 120 Å². The number of H-pyrrole nitrogens is 2. The van der Waals surface area contributed by atoms with Crippen LogP contribution in [0.3, 0.4) is 0 Å². The minimum atomic E-state index is -1.68. The first-order valence-corrected chi connectivity index (χ1v) is 10.8. The molecule has 2 atom stereocenters. The molecule has 1 aromatic carbocycles. The summed E-state index contributed by atoms with van der Waals surface area (Å²) in [6.07, 6.45) is 0.436. The number of hydrogen-bond donors (Lipinski definition) is 4. The number of ether oxygens (including phenoxy) is 1. The molecular weight excluding hydrogens is 470 g/mol. The summed E-state index contributed by atoms with van der Waals surface area (Å²) in [6, 6.07) is 4.98. The fourth-order valence-electron chi connectivity index (χ4n) is 3.57. The van der Waals surface area contributed by atoms with E-state index in [0.717, 1.165) is 11.8 Å². The fraction of sp³-hybridized carbons (Fsp3) is 0.261. The van der Waals surface area contributed by atoms with Gasteiger partial charge in [-0.25, -0.2) is 13.8 Å². The number of alkyl halides is 1. The van der Waals surface area contributed by atoms with E-state index in [9.17, 15) is 23.5 Å². The van der Waals surface area contributed by atoms with Gasteiger partial charge in [0.1, 0.15) is 30.4 Å². The highest BCUT2D eigenvalue weighted by Crippen LogP contribution is 2.31. The molecule has 0 fully saturated rings. The Kier molecular flexibility index (Phi) is 6.80. The summed E-state index contributed by atoms with van der Waals surface area (Å²) in [7, 11) is 0. The van der Waals surface area contributed by atoms with Gasteiger partial charge in [-0.3, -0.25) is 9.59 Å². The standard InChI is InChI=1S/C23H21ClF2N4O4/c1-11-6-17-18(7-12(11)9-31)30-22(29-17)19-16(4-5-27-23(19)33)28-8-13(32)10-34-21-15(25)3-2-14(24)20(21)26/h2,4-7,9,13,15,32H,3,8,10H2,1H3,(H,29,30)(H2,27,28,33). The average molecular weight is 491 g/mol. The molecule has 0 bridgehead atoms. The fourth-order valence-corrected chi connectivity index (χ4v) is 3.75. The van der Waals surface area contributed by atoms with Crippen LogP contribution in [0.25, 0.3) is 22.4 Å². The van der Waals surface area contributed by atoms with Crippen LogP contribution in [0.2, 0.25) is 0 Å². The van der Waals surface area contributed by atoms with Gasteiger partial charge in [-0.2, -0.15) is 0 Å². The molecule has 2 unspecified atom stereocenters. The van der Waals surface area contributed by atoms with Crippen LogP contribution in [0.1, 0.15) is 22.3 Å². The lowest BCUT2D eigenvalue weighted by Gasteiger charge is -2.20. The molecule has 0 amide bonds. The van der Waals surface area contributed by atoms with E-state index in [2.05, 4.69) is 20.3 Å². The summed E-state index contributed by atoms with van der Waals surface area (Å²) < 4.78 is 33.1. The van der Waals surface area contributed by atoms with E-state index >= 15 is 0 Å². The number of nitrogens with one attached hydrogen (secondary N) is 3. The lowest BCUT2D eigenvalue weighted by atomic mass is 10.1. The van der Waals surface area contributed by atoms with Gasteiger partial charge < -0.3 is 25.1 Å². The Bertz CT molecular complexity index is 1360. The van der Waals surface area contributed by atoms with Crippen molar-refractivity contribution in [2.75, 3.05) is 18.5 Å². The van der Waals surface area contributed by atoms with Crippen molar-refractivity contribution in [3.63, 3.8) is 0 Å². The number of aldehydes is 1. The number of aromatic nitrogens is 3. The van der Waals surface area contributed by atoms with Crippen LogP contribution in [0, 0.1) is 6.92 Å². The first kappa shape index (κ1) is 23.7. The number of allylic oxidation sites excluding steroid dienone is 4. The van der Waals surface area contributed by atoms with Crippen LogP contribution >= 0.6 is 11.6 Å². The molecule has 178 valence electrons. The van der Waals surface area contributed by atoms with Gasteiger partial charge in [-0.05, 0) is 30.7 Å². The number of pyridine rings is 1. The smallest absolute Gasteiger partial charge is 0.261 e. The van der Waals surface area contributed by atoms with Crippen molar-refractivity contribution in [2.24, 2.45) is 0 Å². The SMILES string of the molecule is Cc1cc2[nH]c(-c3c(NCC(O)COC4=C(F)C(Cl)=CCC4F)cc[nH]c3=O)nc2cc1C=O. The van der Waals surface area contributed by atoms with Crippen molar-refractivity contribution in [3.8, 4) is 11.4 Å². The number of carbonyl (C=O) groups excluding carboxylic acids is 1. The maximum atomic E-state index is 14.0. The zero-order chi connectivity index (χ0) is 24.4. The summed E-state index contributed by atoms with van der Waals surface area (Å²) in [5.41, 5.74) is 2.55. The zero-order valence-corrected chi connectivity index (χ0v) is 18.7. The van der Waals surface area contributed by atoms with Gasteiger partial charge in [0.2, 0.25) is 0 Å². The number of aliphatic hydroxyl groups excluding tert-OH is 1. The second kappa shape index (κ2) is 9.78. The van der Waals surface area contributed by atoms with Crippen molar-refractivity contribution >= 4 is 34.6 Å². The predicted molar refractivity (Wildman–Crippen MR) is 124 cm³/mol. The largest absolute Gasteiger partial charge is 0.489 e. The molecule has 11 heteroatoms. The molecule has 4 rings (SSSR count). The highest BCUT2D eigenvalue weighted by molar-refractivity contribution is 6.31. The van der Waals surface area contributed by atoms with Gasteiger partial charge in [0.15, 0.2) is 17.8 Å². The minimum absolute atomic E-state index is 0.0828. The molecule has 1 aliphatic rings. The molecular formula is C23H21ClF2N4O4. The maximum Gasteiger partial charge on any atom is 0.261 e. The summed E-state index contributed by atoms with van der Waals surface area (Å²) in [5, 5.41) is 13.0. The van der Waals surface area contributed by atoms with E-state index in [1.807, 2.05) is 0 Å². The van der Waals surface area contributed by atoms with E-state index in [1.54, 1.807) is 25.1 Å². The summed E-state index contributed by atoms with van der Waals surface area (Å²) in [5.74, 6) is -1.27. The van der Waals surface area contributed by atoms with Crippen LogP contribution in [-0.4, -0.2) is 51.8 Å². The Balaban J connectivity index is 1.51. The van der Waals surface area contributed by atoms with Gasteiger partial charge in [0.05, 0.1) is 21.8 Å². The van der Waals surface area contributed by atoms with Gasteiger partial charge in [-0.15, -0.1) is 0 Å².